The minimum Gasteiger partial charge on any atom is -0.497 e. The van der Waals surface area contributed by atoms with Crippen molar-refractivity contribution in [1.82, 2.24) is 0 Å². The molecule has 2 rings (SSSR count). The number of hydrogen-bond donors (Lipinski definition) is 0. The van der Waals surface area contributed by atoms with E-state index in [0.29, 0.717) is 0 Å². The Kier molecular flexibility index (Phi) is 3.49. The van der Waals surface area contributed by atoms with Crippen LogP contribution in [-0.2, 0) is 10.2 Å². The molecule has 1 saturated heterocycles. The highest BCUT2D eigenvalue weighted by atomic mass is 16.5. The molecule has 2 nitrogen and oxygen atoms in total. The Morgan fingerprint density at radius 2 is 1.88 bits per heavy atom. The number of ether oxygens (including phenoxy) is 2. The summed E-state index contributed by atoms with van der Waals surface area (Å²) in [5, 5.41) is 0. The van der Waals surface area contributed by atoms with E-state index in [1.54, 1.807) is 7.11 Å². The van der Waals surface area contributed by atoms with Gasteiger partial charge in [0.15, 0.2) is 0 Å². The summed E-state index contributed by atoms with van der Waals surface area (Å²) in [6.45, 7) is 4.12. The van der Waals surface area contributed by atoms with Gasteiger partial charge in [-0.25, -0.2) is 0 Å². The van der Waals surface area contributed by atoms with E-state index in [4.69, 9.17) is 9.47 Å². The zero-order valence-corrected chi connectivity index (χ0v) is 10.2. The molecule has 0 aromatic heterocycles. The lowest BCUT2D eigenvalue weighted by Crippen LogP contribution is -2.22. The van der Waals surface area contributed by atoms with Crippen molar-refractivity contribution < 1.29 is 9.47 Å². The second-order valence-electron chi connectivity index (χ2n) is 4.76. The van der Waals surface area contributed by atoms with E-state index in [2.05, 4.69) is 19.1 Å². The average molecular weight is 220 g/mol. The molecule has 16 heavy (non-hydrogen) atoms. The zero-order chi connectivity index (χ0) is 11.4. The lowest BCUT2D eigenvalue weighted by molar-refractivity contribution is 0.140. The molecule has 0 spiro atoms. The fraction of sp³-hybridized carbons (Fsp3) is 0.571. The average Bonchev–Trinajstić information content (AvgIpc) is 2.55. The molecule has 0 amide bonds. The van der Waals surface area contributed by atoms with Crippen LogP contribution in [0.25, 0.3) is 0 Å². The maximum Gasteiger partial charge on any atom is 0.118 e. The van der Waals surface area contributed by atoms with Crippen LogP contribution < -0.4 is 4.74 Å². The van der Waals surface area contributed by atoms with Crippen molar-refractivity contribution in [3.05, 3.63) is 29.8 Å². The third-order valence-corrected chi connectivity index (χ3v) is 3.60. The number of hydrogen-bond acceptors (Lipinski definition) is 2. The minimum atomic E-state index is 0.267. The molecule has 88 valence electrons. The van der Waals surface area contributed by atoms with E-state index in [1.165, 1.54) is 12.0 Å². The van der Waals surface area contributed by atoms with Crippen molar-refractivity contribution in [1.29, 1.82) is 0 Å². The Labute approximate surface area is 97.6 Å². The highest BCUT2D eigenvalue weighted by Crippen LogP contribution is 2.35. The predicted octanol–water partition coefficient (Wildman–Crippen LogP) is 3.15. The largest absolute Gasteiger partial charge is 0.497 e. The summed E-state index contributed by atoms with van der Waals surface area (Å²) in [5.41, 5.74) is 1.67. The Bertz CT molecular complexity index is 321. The summed E-state index contributed by atoms with van der Waals surface area (Å²) in [7, 11) is 1.70. The Balaban J connectivity index is 2.19. The summed E-state index contributed by atoms with van der Waals surface area (Å²) < 4.78 is 10.7. The van der Waals surface area contributed by atoms with E-state index in [0.717, 1.165) is 31.8 Å². The van der Waals surface area contributed by atoms with E-state index in [-0.39, 0.29) is 5.41 Å². The van der Waals surface area contributed by atoms with Gasteiger partial charge in [0, 0.05) is 13.2 Å². The molecule has 0 radical (unpaired) electrons. The van der Waals surface area contributed by atoms with Crippen LogP contribution in [0.4, 0.5) is 0 Å². The van der Waals surface area contributed by atoms with Crippen LogP contribution in [0.2, 0.25) is 0 Å². The molecule has 1 fully saturated rings. The van der Waals surface area contributed by atoms with Crippen molar-refractivity contribution in [3.63, 3.8) is 0 Å². The van der Waals surface area contributed by atoms with Gasteiger partial charge in [0.2, 0.25) is 0 Å². The van der Waals surface area contributed by atoms with Gasteiger partial charge in [-0.3, -0.25) is 0 Å². The molecule has 1 aliphatic heterocycles. The van der Waals surface area contributed by atoms with Crippen molar-refractivity contribution in [3.8, 4) is 5.75 Å². The summed E-state index contributed by atoms with van der Waals surface area (Å²) in [6.07, 6.45) is 3.47. The first-order chi connectivity index (χ1) is 7.74. The van der Waals surface area contributed by atoms with Crippen LogP contribution in [0.15, 0.2) is 24.3 Å². The van der Waals surface area contributed by atoms with Crippen LogP contribution in [0, 0.1) is 0 Å². The molecule has 0 saturated carbocycles. The monoisotopic (exact) mass is 220 g/mol. The van der Waals surface area contributed by atoms with Crippen molar-refractivity contribution in [2.75, 3.05) is 20.3 Å². The molecule has 0 N–H and O–H groups in total. The smallest absolute Gasteiger partial charge is 0.118 e. The molecule has 1 aromatic rings. The fourth-order valence-corrected chi connectivity index (χ4v) is 2.37. The summed E-state index contributed by atoms with van der Waals surface area (Å²) in [6, 6.07) is 8.47. The van der Waals surface area contributed by atoms with Crippen molar-refractivity contribution in [2.45, 2.75) is 31.6 Å². The lowest BCUT2D eigenvalue weighted by atomic mass is 9.76. The molecule has 2 heteroatoms. The highest BCUT2D eigenvalue weighted by molar-refractivity contribution is 5.32. The second kappa shape index (κ2) is 4.88. The van der Waals surface area contributed by atoms with Gasteiger partial charge in [-0.1, -0.05) is 19.1 Å². The predicted molar refractivity (Wildman–Crippen MR) is 65.0 cm³/mol. The first kappa shape index (κ1) is 11.5. The van der Waals surface area contributed by atoms with Gasteiger partial charge in [-0.2, -0.15) is 0 Å². The molecule has 0 bridgehead atoms. The van der Waals surface area contributed by atoms with Crippen LogP contribution in [-0.4, -0.2) is 20.3 Å². The van der Waals surface area contributed by atoms with Gasteiger partial charge >= 0.3 is 0 Å². The fourth-order valence-electron chi connectivity index (χ4n) is 2.37. The number of benzene rings is 1. The van der Waals surface area contributed by atoms with Crippen molar-refractivity contribution in [2.24, 2.45) is 0 Å². The maximum absolute atomic E-state index is 5.53. The van der Waals surface area contributed by atoms with Crippen LogP contribution in [0.1, 0.15) is 31.7 Å². The standard InChI is InChI=1S/C14H20O2/c1-14(8-3-10-16-11-9-14)12-4-6-13(15-2)7-5-12/h4-7H,3,8-11H2,1-2H3. The zero-order valence-electron chi connectivity index (χ0n) is 10.2. The van der Waals surface area contributed by atoms with Crippen LogP contribution in [0.3, 0.4) is 0 Å². The Hall–Kier alpha value is -1.02. The van der Waals surface area contributed by atoms with E-state index < -0.39 is 0 Å². The summed E-state index contributed by atoms with van der Waals surface area (Å²) >= 11 is 0. The van der Waals surface area contributed by atoms with Gasteiger partial charge in [-0.15, -0.1) is 0 Å². The SMILES string of the molecule is COc1ccc(C2(C)CCCOCC2)cc1. The first-order valence-corrected chi connectivity index (χ1v) is 5.97. The minimum absolute atomic E-state index is 0.267. The first-order valence-electron chi connectivity index (χ1n) is 5.97. The Morgan fingerprint density at radius 1 is 1.12 bits per heavy atom. The summed E-state index contributed by atoms with van der Waals surface area (Å²) in [4.78, 5) is 0. The quantitative estimate of drug-likeness (QED) is 0.762. The summed E-state index contributed by atoms with van der Waals surface area (Å²) in [5.74, 6) is 0.928. The third kappa shape index (κ3) is 2.38. The van der Waals surface area contributed by atoms with Crippen LogP contribution in [0.5, 0.6) is 5.75 Å². The topological polar surface area (TPSA) is 18.5 Å². The molecular weight excluding hydrogens is 200 g/mol. The van der Waals surface area contributed by atoms with Gasteiger partial charge in [0.05, 0.1) is 7.11 Å². The van der Waals surface area contributed by atoms with Gasteiger partial charge in [0.25, 0.3) is 0 Å². The van der Waals surface area contributed by atoms with Gasteiger partial charge in [0.1, 0.15) is 5.75 Å². The van der Waals surface area contributed by atoms with Crippen LogP contribution >= 0.6 is 0 Å². The molecule has 0 aliphatic carbocycles. The molecule has 1 heterocycles. The molecule has 1 aliphatic rings. The van der Waals surface area contributed by atoms with E-state index in [1.807, 2.05) is 12.1 Å². The maximum atomic E-state index is 5.53. The highest BCUT2D eigenvalue weighted by Gasteiger charge is 2.27. The lowest BCUT2D eigenvalue weighted by Gasteiger charge is -2.28. The molecular formula is C14H20O2. The molecule has 1 unspecified atom stereocenters. The van der Waals surface area contributed by atoms with Gasteiger partial charge < -0.3 is 9.47 Å². The third-order valence-electron chi connectivity index (χ3n) is 3.60. The second-order valence-corrected chi connectivity index (χ2v) is 4.76. The van der Waals surface area contributed by atoms with E-state index >= 15 is 0 Å². The number of rotatable bonds is 2. The molecule has 1 aromatic carbocycles. The van der Waals surface area contributed by atoms with Crippen molar-refractivity contribution >= 4 is 0 Å². The normalized spacial score (nSPS) is 26.1. The Morgan fingerprint density at radius 3 is 2.56 bits per heavy atom. The van der Waals surface area contributed by atoms with E-state index in [9.17, 15) is 0 Å². The number of methoxy groups -OCH3 is 1. The molecule has 1 atom stereocenters. The van der Waals surface area contributed by atoms with Gasteiger partial charge in [-0.05, 0) is 42.4 Å².